The van der Waals surface area contributed by atoms with Gasteiger partial charge < -0.3 is 0 Å². The van der Waals surface area contributed by atoms with Crippen LogP contribution in [0.3, 0.4) is 0 Å². The van der Waals surface area contributed by atoms with E-state index in [1.165, 1.54) is 0 Å². The van der Waals surface area contributed by atoms with E-state index in [1.807, 2.05) is 24.3 Å². The zero-order valence-corrected chi connectivity index (χ0v) is 8.66. The number of nitrogens with one attached hydrogen (secondary N) is 1. The summed E-state index contributed by atoms with van der Waals surface area (Å²) in [6.45, 7) is 0. The summed E-state index contributed by atoms with van der Waals surface area (Å²) in [6.07, 6.45) is 0. The molecule has 1 N–H and O–H groups in total. The first-order valence-electron chi connectivity index (χ1n) is 3.44. The fraction of sp³-hybridized carbons (Fsp3) is 0.125. The number of fused-ring (bicyclic) bond motifs is 1. The molecule has 0 aliphatic carbocycles. The zero-order valence-electron chi connectivity index (χ0n) is 6.50. The molecule has 0 unspecified atom stereocenters. The molecule has 1 heterocycles. The molecule has 0 atom stereocenters. The van der Waals surface area contributed by atoms with Crippen molar-refractivity contribution >= 4 is 26.5 Å². The maximum atomic E-state index is 7.50. The Kier molecular flexibility index (Phi) is 2.02. The molecule has 1 aromatic rings. The van der Waals surface area contributed by atoms with Crippen molar-refractivity contribution in [2.75, 3.05) is 7.11 Å². The molecule has 12 heavy (non-hydrogen) atoms. The number of hydrogen-bond acceptors (Lipinski definition) is 3. The Morgan fingerprint density at radius 2 is 2.17 bits per heavy atom. The van der Waals surface area contributed by atoms with Gasteiger partial charge in [0.15, 0.2) is 0 Å². The van der Waals surface area contributed by atoms with E-state index < -0.39 is 20.6 Å². The van der Waals surface area contributed by atoms with Gasteiger partial charge in [-0.1, -0.05) is 0 Å². The van der Waals surface area contributed by atoms with Crippen LogP contribution in [-0.2, 0) is 6.13 Å². The summed E-state index contributed by atoms with van der Waals surface area (Å²) < 4.78 is 11.6. The van der Waals surface area contributed by atoms with Gasteiger partial charge in [0.05, 0.1) is 0 Å². The molecule has 0 amide bonds. The van der Waals surface area contributed by atoms with Gasteiger partial charge in [0, 0.05) is 0 Å². The second-order valence-electron chi connectivity index (χ2n) is 2.26. The standard InChI is InChI=1S/C8H8INO2/c1-11-9-7-5-3-2-4-6(7)8(10)12-9/h2-5,10H,1H3. The molecule has 0 bridgehead atoms. The van der Waals surface area contributed by atoms with Crippen molar-refractivity contribution in [2.45, 2.75) is 0 Å². The number of hydrogen-bond donors (Lipinski definition) is 1. The summed E-state index contributed by atoms with van der Waals surface area (Å²) >= 11 is -1.91. The number of halogens is 1. The molecule has 1 aliphatic rings. The Labute approximate surface area is 78.7 Å². The summed E-state index contributed by atoms with van der Waals surface area (Å²) in [5.74, 6) is 0.262. The Bertz CT molecular complexity index is 327. The van der Waals surface area contributed by atoms with Gasteiger partial charge in [0.1, 0.15) is 0 Å². The van der Waals surface area contributed by atoms with E-state index in [1.54, 1.807) is 7.11 Å². The van der Waals surface area contributed by atoms with Crippen LogP contribution in [0.25, 0.3) is 0 Å². The van der Waals surface area contributed by atoms with Gasteiger partial charge in [-0.2, -0.15) is 0 Å². The quantitative estimate of drug-likeness (QED) is 0.799. The third kappa shape index (κ3) is 1.11. The van der Waals surface area contributed by atoms with Crippen molar-refractivity contribution in [3.8, 4) is 0 Å². The third-order valence-corrected chi connectivity index (χ3v) is 5.10. The van der Waals surface area contributed by atoms with Crippen LogP contribution >= 0.6 is 20.6 Å². The summed E-state index contributed by atoms with van der Waals surface area (Å²) in [7, 11) is 1.64. The summed E-state index contributed by atoms with van der Waals surface area (Å²) in [5.41, 5.74) is 0.893. The number of benzene rings is 1. The van der Waals surface area contributed by atoms with Crippen LogP contribution in [0.2, 0.25) is 0 Å². The SMILES string of the molecule is COI1OC(=N)c2ccccc21. The number of rotatable bonds is 1. The van der Waals surface area contributed by atoms with E-state index in [0.717, 1.165) is 9.13 Å². The monoisotopic (exact) mass is 277 g/mol. The molecule has 1 aromatic carbocycles. The predicted molar refractivity (Wildman–Crippen MR) is 54.1 cm³/mol. The Morgan fingerprint density at radius 3 is 2.92 bits per heavy atom. The van der Waals surface area contributed by atoms with Crippen LogP contribution in [0, 0.1) is 8.98 Å². The fourth-order valence-corrected chi connectivity index (χ4v) is 3.98. The maximum absolute atomic E-state index is 7.50. The van der Waals surface area contributed by atoms with Crippen molar-refractivity contribution in [1.82, 2.24) is 0 Å². The molecule has 0 spiro atoms. The van der Waals surface area contributed by atoms with Gasteiger partial charge >= 0.3 is 78.6 Å². The first-order chi connectivity index (χ1) is 5.83. The van der Waals surface area contributed by atoms with Gasteiger partial charge in [0.25, 0.3) is 0 Å². The van der Waals surface area contributed by atoms with E-state index in [9.17, 15) is 0 Å². The van der Waals surface area contributed by atoms with E-state index in [2.05, 4.69) is 0 Å². The van der Waals surface area contributed by atoms with Crippen LogP contribution < -0.4 is 0 Å². The molecule has 0 radical (unpaired) electrons. The van der Waals surface area contributed by atoms with Crippen molar-refractivity contribution in [2.24, 2.45) is 0 Å². The average molecular weight is 277 g/mol. The summed E-state index contributed by atoms with van der Waals surface area (Å²) in [6, 6.07) is 7.73. The second-order valence-corrected chi connectivity index (χ2v) is 5.98. The molecule has 0 saturated carbocycles. The molecule has 64 valence electrons. The predicted octanol–water partition coefficient (Wildman–Crippen LogP) is 2.19. The van der Waals surface area contributed by atoms with Gasteiger partial charge in [0.2, 0.25) is 0 Å². The Balaban J connectivity index is 2.50. The van der Waals surface area contributed by atoms with Gasteiger partial charge in [-0.25, -0.2) is 0 Å². The average Bonchev–Trinajstić information content (AvgIpc) is 2.44. The first-order valence-corrected chi connectivity index (χ1v) is 6.28. The summed E-state index contributed by atoms with van der Waals surface area (Å²) in [4.78, 5) is 0. The van der Waals surface area contributed by atoms with E-state index in [-0.39, 0.29) is 5.90 Å². The zero-order chi connectivity index (χ0) is 8.55. The molecule has 0 aromatic heterocycles. The topological polar surface area (TPSA) is 42.3 Å². The Hall–Kier alpha value is -0.620. The molecular formula is C8H8INO2. The normalized spacial score (nSPS) is 17.4. The van der Waals surface area contributed by atoms with Crippen LogP contribution in [0.1, 0.15) is 5.56 Å². The molecule has 3 nitrogen and oxygen atoms in total. The molecule has 0 saturated heterocycles. The van der Waals surface area contributed by atoms with Crippen LogP contribution in [0.4, 0.5) is 0 Å². The second kappa shape index (κ2) is 3.02. The molecule has 2 rings (SSSR count). The molecule has 4 heteroatoms. The van der Waals surface area contributed by atoms with Gasteiger partial charge in [-0.05, 0) is 0 Å². The summed E-state index contributed by atoms with van der Waals surface area (Å²) in [5, 5.41) is 7.50. The minimum absolute atomic E-state index is 0.262. The van der Waals surface area contributed by atoms with E-state index in [0.29, 0.717) is 0 Å². The van der Waals surface area contributed by atoms with Gasteiger partial charge in [-0.3, -0.25) is 0 Å². The van der Waals surface area contributed by atoms with Crippen molar-refractivity contribution in [1.29, 1.82) is 5.41 Å². The fourth-order valence-electron chi connectivity index (χ4n) is 1.05. The van der Waals surface area contributed by atoms with Crippen LogP contribution in [0.5, 0.6) is 0 Å². The Morgan fingerprint density at radius 1 is 1.42 bits per heavy atom. The van der Waals surface area contributed by atoms with E-state index >= 15 is 0 Å². The third-order valence-electron chi connectivity index (χ3n) is 1.57. The van der Waals surface area contributed by atoms with Crippen molar-refractivity contribution < 1.29 is 6.13 Å². The van der Waals surface area contributed by atoms with Crippen molar-refractivity contribution in [3.05, 3.63) is 33.4 Å². The van der Waals surface area contributed by atoms with Gasteiger partial charge in [-0.15, -0.1) is 0 Å². The molecular weight excluding hydrogens is 269 g/mol. The van der Waals surface area contributed by atoms with Crippen LogP contribution in [0.15, 0.2) is 24.3 Å². The van der Waals surface area contributed by atoms with Crippen LogP contribution in [-0.4, -0.2) is 13.0 Å². The van der Waals surface area contributed by atoms with E-state index in [4.69, 9.17) is 11.5 Å². The molecule has 0 fully saturated rings. The molecule has 1 aliphatic heterocycles. The van der Waals surface area contributed by atoms with Crippen molar-refractivity contribution in [3.63, 3.8) is 0 Å². The minimum atomic E-state index is -1.91. The first kappa shape index (κ1) is 8.00.